The lowest BCUT2D eigenvalue weighted by Gasteiger charge is -2.21. The number of hydrogen-bond acceptors (Lipinski definition) is 2. The first kappa shape index (κ1) is 18.5. The molecule has 22 heavy (non-hydrogen) atoms. The van der Waals surface area contributed by atoms with Crippen molar-refractivity contribution in [2.75, 3.05) is 13.1 Å². The highest BCUT2D eigenvalue weighted by Gasteiger charge is 2.13. The van der Waals surface area contributed by atoms with Crippen LogP contribution in [-0.2, 0) is 11.3 Å². The SMILES string of the molecule is CCNC(=NCc1cccc(Br)c1)NCC(=O)NC(C)(C)C. The molecule has 6 heteroatoms. The van der Waals surface area contributed by atoms with Crippen molar-refractivity contribution >= 4 is 27.8 Å². The summed E-state index contributed by atoms with van der Waals surface area (Å²) in [6.07, 6.45) is 0. The van der Waals surface area contributed by atoms with E-state index in [-0.39, 0.29) is 18.0 Å². The largest absolute Gasteiger partial charge is 0.357 e. The topological polar surface area (TPSA) is 65.5 Å². The maximum absolute atomic E-state index is 11.8. The fourth-order valence-corrected chi connectivity index (χ4v) is 2.22. The van der Waals surface area contributed by atoms with E-state index in [1.165, 1.54) is 0 Å². The molecule has 0 unspecified atom stereocenters. The number of halogens is 1. The molecule has 0 radical (unpaired) electrons. The molecule has 1 aromatic carbocycles. The Morgan fingerprint density at radius 1 is 1.27 bits per heavy atom. The van der Waals surface area contributed by atoms with Crippen molar-refractivity contribution in [3.8, 4) is 0 Å². The summed E-state index contributed by atoms with van der Waals surface area (Å²) in [5, 5.41) is 9.08. The molecule has 0 heterocycles. The Bertz CT molecular complexity index is 523. The van der Waals surface area contributed by atoms with Gasteiger partial charge in [-0.15, -0.1) is 0 Å². The molecule has 1 aromatic rings. The Morgan fingerprint density at radius 3 is 2.59 bits per heavy atom. The Hall–Kier alpha value is -1.56. The van der Waals surface area contributed by atoms with Crippen LogP contribution in [0.1, 0.15) is 33.3 Å². The third-order valence-corrected chi connectivity index (χ3v) is 3.08. The smallest absolute Gasteiger partial charge is 0.239 e. The average molecular weight is 369 g/mol. The van der Waals surface area contributed by atoms with Gasteiger partial charge in [0.25, 0.3) is 0 Å². The monoisotopic (exact) mass is 368 g/mol. The van der Waals surface area contributed by atoms with Crippen molar-refractivity contribution in [1.82, 2.24) is 16.0 Å². The molecule has 0 aromatic heterocycles. The molecule has 122 valence electrons. The molecule has 1 amide bonds. The van der Waals surface area contributed by atoms with Crippen LogP contribution in [0.5, 0.6) is 0 Å². The van der Waals surface area contributed by atoms with Crippen LogP contribution in [0.2, 0.25) is 0 Å². The Kier molecular flexibility index (Phi) is 7.38. The normalized spacial score (nSPS) is 12.0. The lowest BCUT2D eigenvalue weighted by Crippen LogP contribution is -2.48. The predicted molar refractivity (Wildman–Crippen MR) is 94.9 cm³/mol. The Labute approximate surface area is 141 Å². The molecule has 0 aliphatic heterocycles. The minimum atomic E-state index is -0.232. The predicted octanol–water partition coefficient (Wildman–Crippen LogP) is 2.42. The van der Waals surface area contributed by atoms with Gasteiger partial charge in [-0.1, -0.05) is 28.1 Å². The first-order chi connectivity index (χ1) is 10.3. The second-order valence-corrected chi connectivity index (χ2v) is 6.89. The van der Waals surface area contributed by atoms with E-state index in [4.69, 9.17) is 0 Å². The van der Waals surface area contributed by atoms with Gasteiger partial charge in [0.1, 0.15) is 0 Å². The number of guanidine groups is 1. The van der Waals surface area contributed by atoms with Crippen LogP contribution in [0.4, 0.5) is 0 Å². The lowest BCUT2D eigenvalue weighted by molar-refractivity contribution is -0.121. The Balaban J connectivity index is 2.57. The number of carbonyl (C=O) groups excluding carboxylic acids is 1. The zero-order valence-electron chi connectivity index (χ0n) is 13.7. The maximum Gasteiger partial charge on any atom is 0.239 e. The molecular formula is C16H25BrN4O. The van der Waals surface area contributed by atoms with E-state index < -0.39 is 0 Å². The summed E-state index contributed by atoms with van der Waals surface area (Å²) in [4.78, 5) is 16.3. The average Bonchev–Trinajstić information content (AvgIpc) is 2.40. The number of nitrogens with one attached hydrogen (secondary N) is 3. The van der Waals surface area contributed by atoms with E-state index in [9.17, 15) is 4.79 Å². The van der Waals surface area contributed by atoms with Crippen molar-refractivity contribution in [2.45, 2.75) is 39.8 Å². The summed E-state index contributed by atoms with van der Waals surface area (Å²) < 4.78 is 1.03. The van der Waals surface area contributed by atoms with Crippen LogP contribution >= 0.6 is 15.9 Å². The van der Waals surface area contributed by atoms with Crippen LogP contribution in [0.25, 0.3) is 0 Å². The standard InChI is InChI=1S/C16H25BrN4O/c1-5-18-15(20-11-14(22)21-16(2,3)4)19-10-12-7-6-8-13(17)9-12/h6-9H,5,10-11H2,1-4H3,(H,21,22)(H2,18,19,20). The summed E-state index contributed by atoms with van der Waals surface area (Å²) >= 11 is 3.44. The summed E-state index contributed by atoms with van der Waals surface area (Å²) in [5.74, 6) is 0.576. The second kappa shape index (κ2) is 8.78. The van der Waals surface area contributed by atoms with Crippen molar-refractivity contribution in [1.29, 1.82) is 0 Å². The van der Waals surface area contributed by atoms with Crippen LogP contribution in [0.15, 0.2) is 33.7 Å². The first-order valence-electron chi connectivity index (χ1n) is 7.38. The van der Waals surface area contributed by atoms with Gasteiger partial charge < -0.3 is 16.0 Å². The van der Waals surface area contributed by atoms with Gasteiger partial charge in [-0.25, -0.2) is 4.99 Å². The summed E-state index contributed by atoms with van der Waals surface area (Å²) in [6.45, 7) is 9.35. The molecule has 0 atom stereocenters. The van der Waals surface area contributed by atoms with Crippen molar-refractivity contribution in [3.05, 3.63) is 34.3 Å². The maximum atomic E-state index is 11.8. The van der Waals surface area contributed by atoms with Gasteiger partial charge in [0.2, 0.25) is 5.91 Å². The zero-order chi connectivity index (χ0) is 16.6. The Morgan fingerprint density at radius 2 is 2.00 bits per heavy atom. The van der Waals surface area contributed by atoms with E-state index >= 15 is 0 Å². The van der Waals surface area contributed by atoms with Gasteiger partial charge in [0.15, 0.2) is 5.96 Å². The number of aliphatic imine (C=N–C) groups is 1. The molecule has 0 bridgehead atoms. The van der Waals surface area contributed by atoms with Crippen molar-refractivity contribution < 1.29 is 4.79 Å². The van der Waals surface area contributed by atoms with E-state index in [0.717, 1.165) is 16.6 Å². The van der Waals surface area contributed by atoms with Crippen LogP contribution < -0.4 is 16.0 Å². The van der Waals surface area contributed by atoms with Crippen LogP contribution in [-0.4, -0.2) is 30.5 Å². The van der Waals surface area contributed by atoms with Crippen molar-refractivity contribution in [2.24, 2.45) is 4.99 Å². The molecule has 0 fully saturated rings. The van der Waals surface area contributed by atoms with E-state index in [2.05, 4.69) is 36.9 Å². The number of carbonyl (C=O) groups is 1. The highest BCUT2D eigenvalue weighted by Crippen LogP contribution is 2.12. The van der Waals surface area contributed by atoms with E-state index in [1.54, 1.807) is 0 Å². The summed E-state index contributed by atoms with van der Waals surface area (Å²) in [5.41, 5.74) is 0.871. The molecule has 3 N–H and O–H groups in total. The first-order valence-corrected chi connectivity index (χ1v) is 8.17. The molecule has 5 nitrogen and oxygen atoms in total. The molecule has 1 rings (SSSR count). The molecular weight excluding hydrogens is 344 g/mol. The third-order valence-electron chi connectivity index (χ3n) is 2.58. The second-order valence-electron chi connectivity index (χ2n) is 5.98. The fourth-order valence-electron chi connectivity index (χ4n) is 1.77. The molecule has 0 aliphatic rings. The summed E-state index contributed by atoms with van der Waals surface area (Å²) in [6, 6.07) is 8.00. The van der Waals surface area contributed by atoms with Gasteiger partial charge in [0, 0.05) is 16.6 Å². The van der Waals surface area contributed by atoms with Gasteiger partial charge in [-0.3, -0.25) is 4.79 Å². The lowest BCUT2D eigenvalue weighted by atomic mass is 10.1. The minimum absolute atomic E-state index is 0.0550. The zero-order valence-corrected chi connectivity index (χ0v) is 15.3. The van der Waals surface area contributed by atoms with E-state index in [0.29, 0.717) is 12.5 Å². The van der Waals surface area contributed by atoms with Crippen LogP contribution in [0.3, 0.4) is 0 Å². The number of rotatable bonds is 5. The van der Waals surface area contributed by atoms with Crippen LogP contribution in [0, 0.1) is 0 Å². The van der Waals surface area contributed by atoms with Gasteiger partial charge in [0.05, 0.1) is 13.1 Å². The third kappa shape index (κ3) is 8.02. The quantitative estimate of drug-likeness (QED) is 0.552. The number of hydrogen-bond donors (Lipinski definition) is 3. The number of amides is 1. The minimum Gasteiger partial charge on any atom is -0.357 e. The fraction of sp³-hybridized carbons (Fsp3) is 0.500. The summed E-state index contributed by atoms with van der Waals surface area (Å²) in [7, 11) is 0. The van der Waals surface area contributed by atoms with Crippen molar-refractivity contribution in [3.63, 3.8) is 0 Å². The number of benzene rings is 1. The molecule has 0 saturated heterocycles. The highest BCUT2D eigenvalue weighted by molar-refractivity contribution is 9.10. The molecule has 0 saturated carbocycles. The van der Waals surface area contributed by atoms with Gasteiger partial charge in [-0.2, -0.15) is 0 Å². The van der Waals surface area contributed by atoms with Gasteiger partial charge >= 0.3 is 0 Å². The highest BCUT2D eigenvalue weighted by atomic mass is 79.9. The number of nitrogens with zero attached hydrogens (tertiary/aromatic N) is 1. The molecule has 0 spiro atoms. The molecule has 0 aliphatic carbocycles. The van der Waals surface area contributed by atoms with Gasteiger partial charge in [-0.05, 0) is 45.4 Å². The van der Waals surface area contributed by atoms with E-state index in [1.807, 2.05) is 52.0 Å².